The number of benzene rings is 3. The Labute approximate surface area is 218 Å². The van der Waals surface area contributed by atoms with E-state index in [0.717, 1.165) is 10.6 Å². The molecular formula is C27H23Cl2N3O4. The van der Waals surface area contributed by atoms with Gasteiger partial charge in [0, 0.05) is 22.0 Å². The molecule has 0 radical (unpaired) electrons. The highest BCUT2D eigenvalue weighted by Gasteiger charge is 2.39. The minimum atomic E-state index is -0.643. The molecule has 0 unspecified atom stereocenters. The van der Waals surface area contributed by atoms with Crippen LogP contribution in [-0.2, 0) is 9.59 Å². The summed E-state index contributed by atoms with van der Waals surface area (Å²) in [5, 5.41) is 5.92. The van der Waals surface area contributed by atoms with Crippen LogP contribution in [0.15, 0.2) is 77.5 Å². The van der Waals surface area contributed by atoms with E-state index in [2.05, 4.69) is 10.6 Å². The highest BCUT2D eigenvalue weighted by atomic mass is 35.5. The quantitative estimate of drug-likeness (QED) is 0.364. The molecule has 36 heavy (non-hydrogen) atoms. The standard InChI is InChI=1S/C27H23Cl2N3O4/c1-15(2)36-20-13-11-19(12-14-20)31-25(33)17-7-9-18(10-8-17)30-24-23(29)26(34)32(27(24)35)22-6-4-5-21(28)16(22)3/h4-15,30H,1-3H3,(H,31,33). The lowest BCUT2D eigenvalue weighted by Gasteiger charge is -2.18. The molecule has 0 aromatic heterocycles. The minimum Gasteiger partial charge on any atom is -0.491 e. The molecule has 0 saturated carbocycles. The fourth-order valence-electron chi connectivity index (χ4n) is 3.61. The van der Waals surface area contributed by atoms with Crippen LogP contribution in [0, 0.1) is 6.92 Å². The fourth-order valence-corrected chi connectivity index (χ4v) is 3.99. The van der Waals surface area contributed by atoms with Gasteiger partial charge in [0.05, 0.1) is 11.8 Å². The predicted molar refractivity (Wildman–Crippen MR) is 142 cm³/mol. The molecule has 3 amide bonds. The van der Waals surface area contributed by atoms with Gasteiger partial charge < -0.3 is 15.4 Å². The van der Waals surface area contributed by atoms with Crippen LogP contribution in [0.5, 0.6) is 5.75 Å². The Morgan fingerprint density at radius 3 is 2.17 bits per heavy atom. The molecule has 0 aliphatic carbocycles. The zero-order valence-corrected chi connectivity index (χ0v) is 21.3. The number of imide groups is 1. The van der Waals surface area contributed by atoms with E-state index in [1.165, 1.54) is 0 Å². The Kier molecular flexibility index (Phi) is 7.33. The van der Waals surface area contributed by atoms with Crippen LogP contribution in [0.4, 0.5) is 17.1 Å². The van der Waals surface area contributed by atoms with E-state index in [4.69, 9.17) is 27.9 Å². The Balaban J connectivity index is 1.44. The normalized spacial score (nSPS) is 13.4. The van der Waals surface area contributed by atoms with E-state index in [0.29, 0.717) is 33.2 Å². The van der Waals surface area contributed by atoms with Gasteiger partial charge in [0.1, 0.15) is 16.5 Å². The van der Waals surface area contributed by atoms with Crippen LogP contribution in [-0.4, -0.2) is 23.8 Å². The summed E-state index contributed by atoms with van der Waals surface area (Å²) in [5.41, 5.74) is 2.42. The molecule has 0 atom stereocenters. The third-order valence-electron chi connectivity index (χ3n) is 5.41. The SMILES string of the molecule is Cc1c(Cl)cccc1N1C(=O)C(Cl)=C(Nc2ccc(C(=O)Nc3ccc(OC(C)C)cc3)cc2)C1=O. The van der Waals surface area contributed by atoms with Crippen molar-refractivity contribution in [1.29, 1.82) is 0 Å². The summed E-state index contributed by atoms with van der Waals surface area (Å²) in [7, 11) is 0. The molecule has 0 saturated heterocycles. The van der Waals surface area contributed by atoms with Crippen molar-refractivity contribution in [3.05, 3.63) is 93.6 Å². The molecule has 1 heterocycles. The Bertz CT molecular complexity index is 1370. The van der Waals surface area contributed by atoms with Crippen molar-refractivity contribution in [3.63, 3.8) is 0 Å². The van der Waals surface area contributed by atoms with Crippen molar-refractivity contribution in [2.24, 2.45) is 0 Å². The number of hydrogen-bond donors (Lipinski definition) is 2. The van der Waals surface area contributed by atoms with E-state index in [9.17, 15) is 14.4 Å². The molecule has 0 fully saturated rings. The van der Waals surface area contributed by atoms with Crippen molar-refractivity contribution in [3.8, 4) is 5.75 Å². The highest BCUT2D eigenvalue weighted by molar-refractivity contribution is 6.53. The van der Waals surface area contributed by atoms with E-state index >= 15 is 0 Å². The molecule has 4 rings (SSSR count). The number of carbonyl (C=O) groups is 3. The zero-order valence-electron chi connectivity index (χ0n) is 19.8. The van der Waals surface area contributed by atoms with Crippen molar-refractivity contribution in [2.75, 3.05) is 15.5 Å². The first-order valence-corrected chi connectivity index (χ1v) is 11.9. The van der Waals surface area contributed by atoms with Gasteiger partial charge in [-0.25, -0.2) is 4.90 Å². The Morgan fingerprint density at radius 1 is 0.889 bits per heavy atom. The number of hydrogen-bond acceptors (Lipinski definition) is 5. The van der Waals surface area contributed by atoms with Crippen LogP contribution in [0.2, 0.25) is 5.02 Å². The summed E-state index contributed by atoms with van der Waals surface area (Å²) in [6, 6.07) is 18.5. The van der Waals surface area contributed by atoms with Gasteiger partial charge in [0.25, 0.3) is 17.7 Å². The van der Waals surface area contributed by atoms with Crippen LogP contribution in [0.25, 0.3) is 0 Å². The van der Waals surface area contributed by atoms with Gasteiger partial charge in [-0.3, -0.25) is 14.4 Å². The maximum Gasteiger partial charge on any atom is 0.283 e. The highest BCUT2D eigenvalue weighted by Crippen LogP contribution is 2.34. The van der Waals surface area contributed by atoms with Crippen LogP contribution < -0.4 is 20.3 Å². The topological polar surface area (TPSA) is 87.7 Å². The summed E-state index contributed by atoms with van der Waals surface area (Å²) in [5.74, 6) is -0.820. The number of ether oxygens (including phenoxy) is 1. The van der Waals surface area contributed by atoms with E-state index in [-0.39, 0.29) is 22.7 Å². The van der Waals surface area contributed by atoms with Gasteiger partial charge in [0.2, 0.25) is 0 Å². The number of nitrogens with zero attached hydrogens (tertiary/aromatic N) is 1. The molecule has 9 heteroatoms. The number of nitrogens with one attached hydrogen (secondary N) is 2. The summed E-state index contributed by atoms with van der Waals surface area (Å²) in [6.45, 7) is 5.60. The van der Waals surface area contributed by atoms with Crippen molar-refractivity contribution in [1.82, 2.24) is 0 Å². The number of anilines is 3. The molecule has 1 aliphatic rings. The second-order valence-electron chi connectivity index (χ2n) is 8.37. The molecule has 7 nitrogen and oxygen atoms in total. The van der Waals surface area contributed by atoms with E-state index < -0.39 is 11.8 Å². The van der Waals surface area contributed by atoms with Crippen molar-refractivity contribution in [2.45, 2.75) is 26.9 Å². The van der Waals surface area contributed by atoms with Crippen molar-refractivity contribution < 1.29 is 19.1 Å². The lowest BCUT2D eigenvalue weighted by Crippen LogP contribution is -2.32. The Hall–Kier alpha value is -3.81. The van der Waals surface area contributed by atoms with Gasteiger partial charge in [-0.2, -0.15) is 0 Å². The number of halogens is 2. The van der Waals surface area contributed by atoms with Crippen LogP contribution >= 0.6 is 23.2 Å². The van der Waals surface area contributed by atoms with Gasteiger partial charge in [-0.15, -0.1) is 0 Å². The molecular weight excluding hydrogens is 501 g/mol. The van der Waals surface area contributed by atoms with E-state index in [1.54, 1.807) is 73.7 Å². The van der Waals surface area contributed by atoms with Crippen LogP contribution in [0.1, 0.15) is 29.8 Å². The van der Waals surface area contributed by atoms with E-state index in [1.807, 2.05) is 13.8 Å². The summed E-state index contributed by atoms with van der Waals surface area (Å²) in [6.07, 6.45) is 0.0601. The van der Waals surface area contributed by atoms with Gasteiger partial charge in [-0.1, -0.05) is 29.3 Å². The molecule has 184 valence electrons. The smallest absolute Gasteiger partial charge is 0.283 e. The Morgan fingerprint density at radius 2 is 1.53 bits per heavy atom. The molecule has 0 bridgehead atoms. The second-order valence-corrected chi connectivity index (χ2v) is 9.15. The summed E-state index contributed by atoms with van der Waals surface area (Å²) in [4.78, 5) is 39.4. The lowest BCUT2D eigenvalue weighted by atomic mass is 10.1. The summed E-state index contributed by atoms with van der Waals surface area (Å²) >= 11 is 12.4. The molecule has 3 aromatic rings. The largest absolute Gasteiger partial charge is 0.491 e. The minimum absolute atomic E-state index is 0.0537. The molecule has 1 aliphatic heterocycles. The van der Waals surface area contributed by atoms with Crippen molar-refractivity contribution >= 4 is 58.0 Å². The third kappa shape index (κ3) is 5.22. The number of carbonyl (C=O) groups excluding carboxylic acids is 3. The predicted octanol–water partition coefficient (Wildman–Crippen LogP) is 6.12. The average molecular weight is 524 g/mol. The van der Waals surface area contributed by atoms with Gasteiger partial charge in [0.15, 0.2) is 0 Å². The summed E-state index contributed by atoms with van der Waals surface area (Å²) < 4.78 is 5.60. The first kappa shape index (κ1) is 25.3. The lowest BCUT2D eigenvalue weighted by molar-refractivity contribution is -0.120. The third-order valence-corrected chi connectivity index (χ3v) is 6.17. The first-order valence-electron chi connectivity index (χ1n) is 11.1. The molecule has 2 N–H and O–H groups in total. The van der Waals surface area contributed by atoms with Gasteiger partial charge >= 0.3 is 0 Å². The maximum atomic E-state index is 13.0. The monoisotopic (exact) mass is 523 g/mol. The van der Waals surface area contributed by atoms with Gasteiger partial charge in [-0.05, 0) is 87.0 Å². The average Bonchev–Trinajstić information content (AvgIpc) is 3.05. The zero-order chi connectivity index (χ0) is 26.0. The molecule has 3 aromatic carbocycles. The maximum absolute atomic E-state index is 13.0. The first-order chi connectivity index (χ1) is 17.2. The van der Waals surface area contributed by atoms with Crippen LogP contribution in [0.3, 0.4) is 0 Å². The number of rotatable bonds is 7. The number of amides is 3. The fraction of sp³-hybridized carbons (Fsp3) is 0.148. The second kappa shape index (κ2) is 10.4. The molecule has 0 spiro atoms.